The molecule has 1 aromatic carbocycles. The number of methoxy groups -OCH3 is 1. The molecule has 140 valence electrons. The van der Waals surface area contributed by atoms with Crippen molar-refractivity contribution in [3.63, 3.8) is 0 Å². The van der Waals surface area contributed by atoms with Crippen molar-refractivity contribution in [1.29, 1.82) is 0 Å². The van der Waals surface area contributed by atoms with Crippen LogP contribution in [0.4, 0.5) is 0 Å². The van der Waals surface area contributed by atoms with E-state index in [0.29, 0.717) is 28.0 Å². The van der Waals surface area contributed by atoms with Crippen LogP contribution in [0, 0.1) is 13.8 Å². The molecule has 8 heteroatoms. The average molecular weight is 367 g/mol. The zero-order valence-electron chi connectivity index (χ0n) is 15.7. The van der Waals surface area contributed by atoms with Crippen LogP contribution in [0.3, 0.4) is 0 Å². The maximum atomic E-state index is 12.6. The predicted octanol–water partition coefficient (Wildman–Crippen LogP) is 1.60. The van der Waals surface area contributed by atoms with Crippen LogP contribution < -0.4 is 15.6 Å². The highest BCUT2D eigenvalue weighted by Crippen LogP contribution is 2.21. The van der Waals surface area contributed by atoms with E-state index in [1.54, 1.807) is 56.1 Å². The second kappa shape index (κ2) is 7.45. The van der Waals surface area contributed by atoms with Gasteiger partial charge < -0.3 is 4.74 Å². The van der Waals surface area contributed by atoms with Crippen molar-refractivity contribution in [2.75, 3.05) is 7.11 Å². The molecule has 0 aliphatic heterocycles. The van der Waals surface area contributed by atoms with Crippen LogP contribution in [-0.4, -0.2) is 33.7 Å². The number of nitrogens with one attached hydrogen (secondary N) is 2. The van der Waals surface area contributed by atoms with E-state index in [9.17, 15) is 9.59 Å². The number of pyridine rings is 1. The van der Waals surface area contributed by atoms with Crippen molar-refractivity contribution in [2.45, 2.75) is 20.3 Å². The van der Waals surface area contributed by atoms with E-state index >= 15 is 0 Å². The highest BCUT2D eigenvalue weighted by molar-refractivity contribution is 6.07. The third-order valence-corrected chi connectivity index (χ3v) is 4.18. The lowest BCUT2D eigenvalue weighted by atomic mass is 10.1. The summed E-state index contributed by atoms with van der Waals surface area (Å²) in [6.07, 6.45) is 0.140. The van der Waals surface area contributed by atoms with Crippen LogP contribution in [0.5, 0.6) is 5.75 Å². The molecule has 27 heavy (non-hydrogen) atoms. The number of carbonyl (C=O) groups excluding carboxylic acids is 2. The number of hydrogen-bond donors (Lipinski definition) is 2. The summed E-state index contributed by atoms with van der Waals surface area (Å²) in [5.74, 6) is -0.0143. The number of hydrazine groups is 1. The van der Waals surface area contributed by atoms with Gasteiger partial charge in [0.25, 0.3) is 5.91 Å². The Morgan fingerprint density at radius 1 is 1.15 bits per heavy atom. The summed E-state index contributed by atoms with van der Waals surface area (Å²) < 4.78 is 6.72. The Labute approximate surface area is 156 Å². The minimum Gasteiger partial charge on any atom is -0.497 e. The molecule has 0 atom stereocenters. The number of aromatic nitrogens is 3. The molecule has 3 rings (SSSR count). The average Bonchev–Trinajstić information content (AvgIpc) is 2.93. The van der Waals surface area contributed by atoms with Crippen LogP contribution in [0.1, 0.15) is 27.3 Å². The fourth-order valence-corrected chi connectivity index (χ4v) is 2.92. The molecule has 0 saturated carbocycles. The first-order valence-corrected chi connectivity index (χ1v) is 8.42. The van der Waals surface area contributed by atoms with Crippen molar-refractivity contribution in [3.8, 4) is 5.75 Å². The van der Waals surface area contributed by atoms with E-state index in [2.05, 4.69) is 20.9 Å². The van der Waals surface area contributed by atoms with Crippen LogP contribution in [0.15, 0.2) is 30.3 Å². The molecular formula is C19H21N5O3. The molecule has 2 heterocycles. The molecule has 3 aromatic rings. The Kier molecular flexibility index (Phi) is 5.07. The summed E-state index contributed by atoms with van der Waals surface area (Å²) in [5.41, 5.74) is 8.18. The van der Waals surface area contributed by atoms with Gasteiger partial charge in [0.15, 0.2) is 5.65 Å². The van der Waals surface area contributed by atoms with E-state index in [1.807, 2.05) is 6.92 Å². The van der Waals surface area contributed by atoms with Crippen molar-refractivity contribution in [2.24, 2.45) is 7.05 Å². The van der Waals surface area contributed by atoms with Gasteiger partial charge in [-0.05, 0) is 37.6 Å². The summed E-state index contributed by atoms with van der Waals surface area (Å²) in [6.45, 7) is 3.62. The number of carbonyl (C=O) groups is 2. The second-order valence-corrected chi connectivity index (χ2v) is 6.25. The molecule has 2 aromatic heterocycles. The number of nitrogens with zero attached hydrogens (tertiary/aromatic N) is 3. The first-order valence-electron chi connectivity index (χ1n) is 8.42. The summed E-state index contributed by atoms with van der Waals surface area (Å²) >= 11 is 0. The second-order valence-electron chi connectivity index (χ2n) is 6.25. The molecule has 0 aliphatic carbocycles. The van der Waals surface area contributed by atoms with Gasteiger partial charge in [0.05, 0.1) is 30.2 Å². The topological polar surface area (TPSA) is 98.1 Å². The van der Waals surface area contributed by atoms with Gasteiger partial charge in [0.1, 0.15) is 5.75 Å². The number of fused-ring (bicyclic) bond motifs is 1. The molecule has 0 spiro atoms. The van der Waals surface area contributed by atoms with Gasteiger partial charge in [-0.15, -0.1) is 0 Å². The first-order chi connectivity index (χ1) is 12.9. The Morgan fingerprint density at radius 2 is 1.85 bits per heavy atom. The Bertz CT molecular complexity index is 1010. The number of benzene rings is 1. The van der Waals surface area contributed by atoms with Crippen molar-refractivity contribution >= 4 is 22.8 Å². The third kappa shape index (κ3) is 3.89. The third-order valence-electron chi connectivity index (χ3n) is 4.18. The number of ether oxygens (including phenoxy) is 1. The van der Waals surface area contributed by atoms with Gasteiger partial charge in [-0.3, -0.25) is 25.1 Å². The van der Waals surface area contributed by atoms with Crippen molar-refractivity contribution in [3.05, 3.63) is 52.8 Å². The molecule has 0 fully saturated rings. The van der Waals surface area contributed by atoms with Gasteiger partial charge in [-0.2, -0.15) is 5.10 Å². The van der Waals surface area contributed by atoms with E-state index in [1.165, 1.54) is 0 Å². The van der Waals surface area contributed by atoms with E-state index in [-0.39, 0.29) is 12.3 Å². The monoisotopic (exact) mass is 367 g/mol. The van der Waals surface area contributed by atoms with Gasteiger partial charge >= 0.3 is 0 Å². The van der Waals surface area contributed by atoms with Crippen molar-refractivity contribution < 1.29 is 14.3 Å². The lowest BCUT2D eigenvalue weighted by molar-refractivity contribution is -0.121. The molecule has 0 bridgehead atoms. The smallest absolute Gasteiger partial charge is 0.270 e. The number of rotatable bonds is 4. The number of hydrogen-bond acceptors (Lipinski definition) is 5. The van der Waals surface area contributed by atoms with E-state index < -0.39 is 5.91 Å². The summed E-state index contributed by atoms with van der Waals surface area (Å²) in [7, 11) is 3.36. The van der Waals surface area contributed by atoms with Crippen LogP contribution in [0.2, 0.25) is 0 Å². The van der Waals surface area contributed by atoms with Gasteiger partial charge in [-0.1, -0.05) is 12.1 Å². The van der Waals surface area contributed by atoms with E-state index in [4.69, 9.17) is 4.74 Å². The maximum absolute atomic E-state index is 12.6. The van der Waals surface area contributed by atoms with Crippen LogP contribution >= 0.6 is 0 Å². The predicted molar refractivity (Wildman–Crippen MR) is 100 cm³/mol. The molecule has 8 nitrogen and oxygen atoms in total. The largest absolute Gasteiger partial charge is 0.497 e. The van der Waals surface area contributed by atoms with E-state index in [0.717, 1.165) is 11.3 Å². The zero-order valence-corrected chi connectivity index (χ0v) is 15.7. The quantitative estimate of drug-likeness (QED) is 0.683. The van der Waals surface area contributed by atoms with Crippen LogP contribution in [0.25, 0.3) is 11.0 Å². The maximum Gasteiger partial charge on any atom is 0.270 e. The Morgan fingerprint density at radius 3 is 2.52 bits per heavy atom. The number of aryl methyl sites for hydroxylation is 3. The van der Waals surface area contributed by atoms with Gasteiger partial charge in [0, 0.05) is 12.7 Å². The molecule has 0 saturated heterocycles. The highest BCUT2D eigenvalue weighted by Gasteiger charge is 2.18. The summed E-state index contributed by atoms with van der Waals surface area (Å²) in [5, 5.41) is 4.99. The van der Waals surface area contributed by atoms with Gasteiger partial charge in [0.2, 0.25) is 5.91 Å². The molecule has 0 radical (unpaired) electrons. The molecule has 2 N–H and O–H groups in total. The summed E-state index contributed by atoms with van der Waals surface area (Å²) in [6, 6.07) is 8.84. The van der Waals surface area contributed by atoms with Gasteiger partial charge in [-0.25, -0.2) is 4.98 Å². The molecule has 0 aliphatic rings. The first kappa shape index (κ1) is 18.4. The highest BCUT2D eigenvalue weighted by atomic mass is 16.5. The molecular weight excluding hydrogens is 346 g/mol. The zero-order chi connectivity index (χ0) is 19.6. The van der Waals surface area contributed by atoms with Crippen LogP contribution in [-0.2, 0) is 18.3 Å². The Balaban J connectivity index is 1.70. The minimum atomic E-state index is -0.412. The number of amides is 2. The standard InChI is InChI=1S/C19H21N5O3/c1-11-9-15(17-12(2)23-24(3)18(17)20-11)19(26)22-21-16(25)10-13-5-7-14(27-4)8-6-13/h5-9H,10H2,1-4H3,(H,21,25)(H,22,26). The lowest BCUT2D eigenvalue weighted by Gasteiger charge is -2.09. The lowest BCUT2D eigenvalue weighted by Crippen LogP contribution is -2.42. The molecule has 2 amide bonds. The fourth-order valence-electron chi connectivity index (χ4n) is 2.92. The molecule has 0 unspecified atom stereocenters. The Hall–Kier alpha value is -3.42. The normalized spacial score (nSPS) is 10.7. The van der Waals surface area contributed by atoms with Crippen molar-refractivity contribution in [1.82, 2.24) is 25.6 Å². The summed E-state index contributed by atoms with van der Waals surface area (Å²) in [4.78, 5) is 29.2. The fraction of sp³-hybridized carbons (Fsp3) is 0.263. The minimum absolute atomic E-state index is 0.140. The SMILES string of the molecule is COc1ccc(CC(=O)NNC(=O)c2cc(C)nc3c2c(C)nn3C)cc1.